The van der Waals surface area contributed by atoms with Crippen LogP contribution in [0.25, 0.3) is 0 Å². The van der Waals surface area contributed by atoms with Crippen LogP contribution in [0.15, 0.2) is 29.3 Å². The lowest BCUT2D eigenvalue weighted by Gasteiger charge is -2.17. The maximum absolute atomic E-state index is 4.54. The molecule has 1 aromatic rings. The van der Waals surface area contributed by atoms with E-state index in [0.717, 1.165) is 12.1 Å². The third kappa shape index (κ3) is 3.82. The summed E-state index contributed by atoms with van der Waals surface area (Å²) in [4.78, 5) is 3.91. The molecule has 1 rings (SSSR count). The second-order valence-corrected chi connectivity index (χ2v) is 4.79. The van der Waals surface area contributed by atoms with Crippen LogP contribution in [0.1, 0.15) is 26.3 Å². The molecule has 0 amide bonds. The second kappa shape index (κ2) is 4.50. The fourth-order valence-corrected chi connectivity index (χ4v) is 1.46. The molecule has 1 nitrogen and oxygen atoms in total. The first-order valence-corrected chi connectivity index (χ1v) is 5.09. The molecule has 0 bridgehead atoms. The third-order valence-corrected chi connectivity index (χ3v) is 1.94. The summed E-state index contributed by atoms with van der Waals surface area (Å²) >= 11 is 4.54. The summed E-state index contributed by atoms with van der Waals surface area (Å²) in [5.74, 6) is 0. The standard InChI is InChI=1S/C12H15NS/c1-12(2,3)8-10-4-6-11(7-5-10)13-9-14/h4-7H,8H2,1-3H3. The molecule has 14 heavy (non-hydrogen) atoms. The fraction of sp³-hybridized carbons (Fsp3) is 0.417. The summed E-state index contributed by atoms with van der Waals surface area (Å²) in [5, 5.41) is 2.36. The Hall–Kier alpha value is -0.980. The van der Waals surface area contributed by atoms with Crippen LogP contribution in [0.2, 0.25) is 0 Å². The summed E-state index contributed by atoms with van der Waals surface area (Å²) in [6, 6.07) is 8.13. The van der Waals surface area contributed by atoms with Crippen LogP contribution < -0.4 is 0 Å². The molecule has 0 atom stereocenters. The van der Waals surface area contributed by atoms with E-state index in [-0.39, 0.29) is 0 Å². The van der Waals surface area contributed by atoms with Gasteiger partial charge in [-0.3, -0.25) is 0 Å². The highest BCUT2D eigenvalue weighted by atomic mass is 32.1. The Morgan fingerprint density at radius 2 is 1.79 bits per heavy atom. The molecular weight excluding hydrogens is 190 g/mol. The van der Waals surface area contributed by atoms with E-state index in [1.54, 1.807) is 0 Å². The second-order valence-electron chi connectivity index (χ2n) is 4.61. The Morgan fingerprint density at radius 1 is 1.21 bits per heavy atom. The topological polar surface area (TPSA) is 12.4 Å². The van der Waals surface area contributed by atoms with Gasteiger partial charge in [-0.1, -0.05) is 32.9 Å². The molecule has 0 spiro atoms. The highest BCUT2D eigenvalue weighted by Gasteiger charge is 2.10. The minimum atomic E-state index is 0.328. The zero-order valence-electron chi connectivity index (χ0n) is 8.87. The first-order valence-electron chi connectivity index (χ1n) is 4.68. The number of thiocarbonyl (C=S) groups is 1. The predicted octanol–water partition coefficient (Wildman–Crippen LogP) is 4.01. The van der Waals surface area contributed by atoms with E-state index < -0.39 is 0 Å². The minimum Gasteiger partial charge on any atom is -0.195 e. The van der Waals surface area contributed by atoms with E-state index in [0.29, 0.717) is 5.41 Å². The molecule has 0 saturated heterocycles. The summed E-state index contributed by atoms with van der Waals surface area (Å²) in [5.41, 5.74) is 2.54. The van der Waals surface area contributed by atoms with E-state index in [4.69, 9.17) is 0 Å². The maximum Gasteiger partial charge on any atom is 0.0739 e. The Kier molecular flexibility index (Phi) is 3.56. The van der Waals surface area contributed by atoms with Crippen LogP contribution in [0.5, 0.6) is 0 Å². The van der Waals surface area contributed by atoms with Crippen molar-refractivity contribution in [3.05, 3.63) is 29.8 Å². The van der Waals surface area contributed by atoms with Crippen molar-refractivity contribution in [2.24, 2.45) is 10.4 Å². The number of benzene rings is 1. The zero-order chi connectivity index (χ0) is 10.6. The van der Waals surface area contributed by atoms with Crippen molar-refractivity contribution in [1.29, 1.82) is 0 Å². The maximum atomic E-state index is 4.54. The van der Waals surface area contributed by atoms with Crippen molar-refractivity contribution in [1.82, 2.24) is 0 Å². The lowest BCUT2D eigenvalue weighted by molar-refractivity contribution is 0.411. The molecule has 0 fully saturated rings. The molecule has 74 valence electrons. The zero-order valence-corrected chi connectivity index (χ0v) is 9.69. The van der Waals surface area contributed by atoms with Crippen LogP contribution in [0.4, 0.5) is 5.69 Å². The quantitative estimate of drug-likeness (QED) is 0.525. The molecule has 0 heterocycles. The number of hydrogen-bond acceptors (Lipinski definition) is 2. The number of aliphatic imine (C=N–C) groups is 1. The highest BCUT2D eigenvalue weighted by Crippen LogP contribution is 2.22. The van der Waals surface area contributed by atoms with Crippen LogP contribution in [-0.2, 0) is 6.42 Å². The molecule has 0 unspecified atom stereocenters. The van der Waals surface area contributed by atoms with Crippen molar-refractivity contribution in [3.8, 4) is 0 Å². The van der Waals surface area contributed by atoms with E-state index in [1.807, 2.05) is 12.1 Å². The largest absolute Gasteiger partial charge is 0.195 e. The first kappa shape index (κ1) is 11.1. The first-order chi connectivity index (χ1) is 6.51. The minimum absolute atomic E-state index is 0.328. The fourth-order valence-electron chi connectivity index (χ4n) is 1.35. The van der Waals surface area contributed by atoms with E-state index in [2.05, 4.69) is 55.3 Å². The van der Waals surface area contributed by atoms with Gasteiger partial charge in [0.25, 0.3) is 0 Å². The van der Waals surface area contributed by atoms with E-state index >= 15 is 0 Å². The van der Waals surface area contributed by atoms with Crippen LogP contribution >= 0.6 is 12.2 Å². The van der Waals surface area contributed by atoms with Crippen LogP contribution in [0.3, 0.4) is 0 Å². The Bertz CT molecular complexity index is 340. The van der Waals surface area contributed by atoms with Gasteiger partial charge in [-0.05, 0) is 41.7 Å². The lowest BCUT2D eigenvalue weighted by atomic mass is 9.88. The third-order valence-electron chi connectivity index (χ3n) is 1.85. The Balaban J connectivity index is 2.78. The summed E-state index contributed by atoms with van der Waals surface area (Å²) < 4.78 is 0. The molecular formula is C12H15NS. The average Bonchev–Trinajstić information content (AvgIpc) is 2.06. The Labute approximate surface area is 90.9 Å². The monoisotopic (exact) mass is 205 g/mol. The molecule has 0 radical (unpaired) electrons. The SMILES string of the molecule is CC(C)(C)Cc1ccc(N=C=S)cc1. The van der Waals surface area contributed by atoms with Crippen molar-refractivity contribution in [2.75, 3.05) is 0 Å². The van der Waals surface area contributed by atoms with E-state index in [1.165, 1.54) is 5.56 Å². The van der Waals surface area contributed by atoms with Crippen molar-refractivity contribution in [3.63, 3.8) is 0 Å². The summed E-state index contributed by atoms with van der Waals surface area (Å²) in [6.45, 7) is 6.70. The van der Waals surface area contributed by atoms with Gasteiger partial charge in [0.1, 0.15) is 0 Å². The van der Waals surface area contributed by atoms with Crippen molar-refractivity contribution in [2.45, 2.75) is 27.2 Å². The molecule has 0 saturated carbocycles. The molecule has 2 heteroatoms. The van der Waals surface area contributed by atoms with Crippen LogP contribution in [0, 0.1) is 5.41 Å². The predicted molar refractivity (Wildman–Crippen MR) is 64.3 cm³/mol. The van der Waals surface area contributed by atoms with Gasteiger partial charge < -0.3 is 0 Å². The smallest absolute Gasteiger partial charge is 0.0739 e. The van der Waals surface area contributed by atoms with Gasteiger partial charge in [0.15, 0.2) is 0 Å². The molecule has 1 aromatic carbocycles. The molecule has 0 aliphatic rings. The van der Waals surface area contributed by atoms with Crippen molar-refractivity contribution < 1.29 is 0 Å². The molecule has 0 aliphatic heterocycles. The van der Waals surface area contributed by atoms with E-state index in [9.17, 15) is 0 Å². The average molecular weight is 205 g/mol. The Morgan fingerprint density at radius 3 is 2.21 bits per heavy atom. The normalized spacial score (nSPS) is 10.8. The van der Waals surface area contributed by atoms with Gasteiger partial charge in [-0.25, -0.2) is 0 Å². The van der Waals surface area contributed by atoms with Gasteiger partial charge in [0.2, 0.25) is 0 Å². The summed E-state index contributed by atoms with van der Waals surface area (Å²) in [6.07, 6.45) is 1.08. The van der Waals surface area contributed by atoms with Gasteiger partial charge >= 0.3 is 0 Å². The lowest BCUT2D eigenvalue weighted by Crippen LogP contribution is -2.08. The van der Waals surface area contributed by atoms with Crippen molar-refractivity contribution >= 4 is 23.1 Å². The number of rotatable bonds is 2. The molecule has 0 aromatic heterocycles. The molecule has 0 N–H and O–H groups in total. The van der Waals surface area contributed by atoms with Gasteiger partial charge in [-0.2, -0.15) is 4.99 Å². The van der Waals surface area contributed by atoms with Gasteiger partial charge in [0.05, 0.1) is 10.8 Å². The summed E-state index contributed by atoms with van der Waals surface area (Å²) in [7, 11) is 0. The van der Waals surface area contributed by atoms with Crippen LogP contribution in [-0.4, -0.2) is 5.16 Å². The number of isothiocyanates is 1. The van der Waals surface area contributed by atoms with Gasteiger partial charge in [0, 0.05) is 0 Å². The number of hydrogen-bond donors (Lipinski definition) is 0. The highest BCUT2D eigenvalue weighted by molar-refractivity contribution is 7.78. The van der Waals surface area contributed by atoms with Gasteiger partial charge in [-0.15, -0.1) is 0 Å². The number of nitrogens with zero attached hydrogens (tertiary/aromatic N) is 1. The molecule has 0 aliphatic carbocycles.